The first-order valence-electron chi connectivity index (χ1n) is 6.63. The minimum absolute atomic E-state index is 0.0768. The van der Waals surface area contributed by atoms with E-state index in [9.17, 15) is 21.6 Å². The maximum absolute atomic E-state index is 12.9. The summed E-state index contributed by atoms with van der Waals surface area (Å²) in [4.78, 5) is 3.40. The molecule has 1 N–H and O–H groups in total. The molecule has 0 saturated heterocycles. The molecule has 124 valence electrons. The number of nitrogens with zero attached hydrogens (tertiary/aromatic N) is 4. The van der Waals surface area contributed by atoms with Gasteiger partial charge in [0.25, 0.3) is 10.0 Å². The molecule has 0 aromatic carbocycles. The Hall–Kier alpha value is -2.01. The average Bonchev–Trinajstić information content (AvgIpc) is 3.08. The molecule has 0 radical (unpaired) electrons. The molecule has 0 aliphatic heterocycles. The van der Waals surface area contributed by atoms with Crippen LogP contribution in [0.15, 0.2) is 35.7 Å². The van der Waals surface area contributed by atoms with Crippen LogP contribution in [0, 0.1) is 0 Å². The summed E-state index contributed by atoms with van der Waals surface area (Å²) < 4.78 is 67.0. The lowest BCUT2D eigenvalue weighted by molar-refractivity contribution is -0.140. The highest BCUT2D eigenvalue weighted by Gasteiger charge is 2.47. The molecule has 0 amide bonds. The van der Waals surface area contributed by atoms with E-state index in [4.69, 9.17) is 0 Å². The Morgan fingerprint density at radius 1 is 1.30 bits per heavy atom. The lowest BCUT2D eigenvalue weighted by atomic mass is 10.3. The van der Waals surface area contributed by atoms with Gasteiger partial charge in [-0.25, -0.2) is 22.8 Å². The normalized spacial score (nSPS) is 17.2. The first kappa shape index (κ1) is 15.9. The van der Waals surface area contributed by atoms with Crippen molar-refractivity contribution in [1.82, 2.24) is 24.7 Å². The average molecular weight is 347 g/mol. The van der Waals surface area contributed by atoms with Gasteiger partial charge < -0.3 is 0 Å². The lowest BCUT2D eigenvalue weighted by Crippen LogP contribution is -2.37. The zero-order valence-corrected chi connectivity index (χ0v) is 12.5. The van der Waals surface area contributed by atoms with Gasteiger partial charge in [0.2, 0.25) is 0 Å². The summed E-state index contributed by atoms with van der Waals surface area (Å²) in [7, 11) is -4.40. The van der Waals surface area contributed by atoms with Gasteiger partial charge in [0.15, 0.2) is 5.03 Å². The van der Waals surface area contributed by atoms with Crippen LogP contribution in [-0.4, -0.2) is 34.9 Å². The van der Waals surface area contributed by atoms with Gasteiger partial charge in [-0.05, 0) is 25.0 Å². The molecule has 1 saturated carbocycles. The standard InChI is InChI=1S/C12H12F3N5O2S/c13-12(14,15)9-2-1-5-16-10(9)23(21,22)18-8-11(3-4-11)20-7-6-17-19-20/h1-2,5-7,18H,3-4,8H2. The van der Waals surface area contributed by atoms with Crippen molar-refractivity contribution in [3.05, 3.63) is 36.3 Å². The number of alkyl halides is 3. The van der Waals surface area contributed by atoms with Gasteiger partial charge >= 0.3 is 6.18 Å². The Bertz CT molecular complexity index is 800. The molecule has 2 aromatic rings. The van der Waals surface area contributed by atoms with Crippen molar-refractivity contribution in [2.75, 3.05) is 6.54 Å². The molecule has 2 aromatic heterocycles. The summed E-state index contributed by atoms with van der Waals surface area (Å²) in [6, 6.07) is 1.73. The summed E-state index contributed by atoms with van der Waals surface area (Å²) >= 11 is 0. The monoisotopic (exact) mass is 347 g/mol. The lowest BCUT2D eigenvalue weighted by Gasteiger charge is -2.17. The van der Waals surface area contributed by atoms with E-state index in [0.29, 0.717) is 18.9 Å². The summed E-state index contributed by atoms with van der Waals surface area (Å²) in [5.74, 6) is 0. The van der Waals surface area contributed by atoms with Gasteiger partial charge in [-0.15, -0.1) is 5.10 Å². The van der Waals surface area contributed by atoms with Crippen LogP contribution in [0.5, 0.6) is 0 Å². The van der Waals surface area contributed by atoms with Crippen molar-refractivity contribution in [2.24, 2.45) is 0 Å². The van der Waals surface area contributed by atoms with E-state index in [2.05, 4.69) is 20.0 Å². The predicted molar refractivity (Wildman–Crippen MR) is 71.7 cm³/mol. The molecular weight excluding hydrogens is 335 g/mol. The number of rotatable bonds is 5. The van der Waals surface area contributed by atoms with Crippen LogP contribution in [0.1, 0.15) is 18.4 Å². The van der Waals surface area contributed by atoms with Gasteiger partial charge in [0.1, 0.15) is 0 Å². The van der Waals surface area contributed by atoms with E-state index in [1.54, 1.807) is 6.20 Å². The van der Waals surface area contributed by atoms with Crippen molar-refractivity contribution in [3.8, 4) is 0 Å². The van der Waals surface area contributed by atoms with E-state index in [1.807, 2.05) is 0 Å². The fourth-order valence-electron chi connectivity index (χ4n) is 2.21. The molecule has 1 aliphatic carbocycles. The second-order valence-corrected chi connectivity index (χ2v) is 6.93. The third-order valence-corrected chi connectivity index (χ3v) is 5.02. The van der Waals surface area contributed by atoms with E-state index in [0.717, 1.165) is 12.3 Å². The Morgan fingerprint density at radius 2 is 2.04 bits per heavy atom. The van der Waals surface area contributed by atoms with Gasteiger partial charge in [-0.1, -0.05) is 5.21 Å². The van der Waals surface area contributed by atoms with E-state index in [-0.39, 0.29) is 6.54 Å². The Labute approximate surface area is 129 Å². The number of nitrogens with one attached hydrogen (secondary N) is 1. The third kappa shape index (κ3) is 3.06. The fourth-order valence-corrected chi connectivity index (χ4v) is 3.48. The highest BCUT2D eigenvalue weighted by atomic mass is 32.2. The Morgan fingerprint density at radius 3 is 2.61 bits per heavy atom. The predicted octanol–water partition coefficient (Wildman–Crippen LogP) is 1.16. The van der Waals surface area contributed by atoms with Gasteiger partial charge in [-0.3, -0.25) is 0 Å². The van der Waals surface area contributed by atoms with Crippen molar-refractivity contribution in [1.29, 1.82) is 0 Å². The minimum Gasteiger partial charge on any atom is -0.245 e. The second-order valence-electron chi connectivity index (χ2n) is 5.25. The van der Waals surface area contributed by atoms with Crippen LogP contribution >= 0.6 is 0 Å². The van der Waals surface area contributed by atoms with Crippen molar-refractivity contribution in [2.45, 2.75) is 29.6 Å². The molecule has 7 nitrogen and oxygen atoms in total. The maximum Gasteiger partial charge on any atom is 0.419 e. The first-order chi connectivity index (χ1) is 10.7. The molecule has 0 unspecified atom stereocenters. The molecule has 1 fully saturated rings. The maximum atomic E-state index is 12.9. The van der Waals surface area contributed by atoms with Crippen molar-refractivity contribution < 1.29 is 21.6 Å². The highest BCUT2D eigenvalue weighted by molar-refractivity contribution is 7.89. The summed E-state index contributed by atoms with van der Waals surface area (Å²) in [5.41, 5.74) is -1.87. The van der Waals surface area contributed by atoms with Crippen molar-refractivity contribution in [3.63, 3.8) is 0 Å². The summed E-state index contributed by atoms with van der Waals surface area (Å²) in [5, 5.41) is 6.44. The summed E-state index contributed by atoms with van der Waals surface area (Å²) in [6.45, 7) is -0.0768. The largest absolute Gasteiger partial charge is 0.419 e. The minimum atomic E-state index is -4.80. The van der Waals surface area contributed by atoms with Gasteiger partial charge in [-0.2, -0.15) is 13.2 Å². The zero-order chi connectivity index (χ0) is 16.7. The highest BCUT2D eigenvalue weighted by Crippen LogP contribution is 2.42. The number of pyridine rings is 1. The fraction of sp³-hybridized carbons (Fsp3) is 0.417. The molecule has 3 rings (SSSR count). The molecule has 2 heterocycles. The Kier molecular flexibility index (Phi) is 3.64. The summed E-state index contributed by atoms with van der Waals surface area (Å²) in [6.07, 6.45) is 0.564. The number of hydrogen-bond acceptors (Lipinski definition) is 5. The van der Waals surface area contributed by atoms with Gasteiger partial charge in [0.05, 0.1) is 17.3 Å². The molecule has 11 heteroatoms. The third-order valence-electron chi connectivity index (χ3n) is 3.66. The van der Waals surface area contributed by atoms with Crippen molar-refractivity contribution >= 4 is 10.0 Å². The molecule has 0 spiro atoms. The number of aromatic nitrogens is 4. The number of halogens is 3. The molecular formula is C12H12F3N5O2S. The topological polar surface area (TPSA) is 89.8 Å². The SMILES string of the molecule is O=S(=O)(NCC1(n2ccnn2)CC1)c1ncccc1C(F)(F)F. The first-order valence-corrected chi connectivity index (χ1v) is 8.12. The zero-order valence-electron chi connectivity index (χ0n) is 11.7. The Balaban J connectivity index is 1.84. The van der Waals surface area contributed by atoms with Crippen LogP contribution in [0.2, 0.25) is 0 Å². The van der Waals surface area contributed by atoms with E-state index >= 15 is 0 Å². The molecule has 0 atom stereocenters. The van der Waals surface area contributed by atoms with Crippen LogP contribution in [0.4, 0.5) is 13.2 Å². The quantitative estimate of drug-likeness (QED) is 0.877. The number of sulfonamides is 1. The van der Waals surface area contributed by atoms with Crippen LogP contribution in [0.3, 0.4) is 0 Å². The van der Waals surface area contributed by atoms with Crippen LogP contribution in [0.25, 0.3) is 0 Å². The number of hydrogen-bond donors (Lipinski definition) is 1. The molecule has 23 heavy (non-hydrogen) atoms. The van der Waals surface area contributed by atoms with Crippen LogP contribution in [-0.2, 0) is 21.7 Å². The molecule has 1 aliphatic rings. The van der Waals surface area contributed by atoms with E-state index < -0.39 is 32.3 Å². The molecule has 0 bridgehead atoms. The second kappa shape index (κ2) is 5.27. The van der Waals surface area contributed by atoms with E-state index in [1.165, 1.54) is 10.9 Å². The van der Waals surface area contributed by atoms with Crippen LogP contribution < -0.4 is 4.72 Å². The smallest absolute Gasteiger partial charge is 0.245 e. The van der Waals surface area contributed by atoms with Gasteiger partial charge in [0, 0.05) is 18.9 Å².